The zero-order valence-electron chi connectivity index (χ0n) is 11.2. The average Bonchev–Trinajstić information content (AvgIpc) is 2.40. The molecular weight excluding hydrogens is 376 g/mol. The fourth-order valence-corrected chi connectivity index (χ4v) is 4.08. The molecule has 0 radical (unpaired) electrons. The van der Waals surface area contributed by atoms with Crippen LogP contribution in [-0.2, 0) is 16.6 Å². The average molecular weight is 390 g/mol. The predicted molar refractivity (Wildman–Crippen MR) is 89.2 cm³/mol. The number of sulfonamides is 1. The molecule has 2 aromatic carbocycles. The van der Waals surface area contributed by atoms with Crippen molar-refractivity contribution >= 4 is 43.2 Å². The molecule has 7 heteroatoms. The van der Waals surface area contributed by atoms with Gasteiger partial charge in [-0.3, -0.25) is 4.72 Å². The highest BCUT2D eigenvalue weighted by Gasteiger charge is 2.18. The Bertz CT molecular complexity index is 750. The van der Waals surface area contributed by atoms with Crippen LogP contribution in [0.3, 0.4) is 0 Å². The van der Waals surface area contributed by atoms with Gasteiger partial charge in [-0.05, 0) is 58.9 Å². The smallest absolute Gasteiger partial charge is 0.263 e. The molecule has 0 bridgehead atoms. The van der Waals surface area contributed by atoms with E-state index in [-0.39, 0.29) is 4.90 Å². The Balaban J connectivity index is 2.37. The number of halogens is 2. The standard InChI is InChI=1S/C14H14BrClN2O2S/c1-17-9-10-5-6-13(15)14(7-10)21(19,20)18-12-4-2-3-11(16)8-12/h2-8,17-18H,9H2,1H3. The summed E-state index contributed by atoms with van der Waals surface area (Å²) >= 11 is 9.14. The molecule has 0 amide bonds. The summed E-state index contributed by atoms with van der Waals surface area (Å²) in [5, 5.41) is 3.46. The first kappa shape index (κ1) is 16.3. The third-order valence-electron chi connectivity index (χ3n) is 2.74. The molecular formula is C14H14BrClN2O2S. The van der Waals surface area contributed by atoms with E-state index in [0.29, 0.717) is 21.7 Å². The molecule has 0 unspecified atom stereocenters. The second kappa shape index (κ2) is 6.79. The first-order valence-corrected chi connectivity index (χ1v) is 8.79. The summed E-state index contributed by atoms with van der Waals surface area (Å²) in [4.78, 5) is 0.190. The highest BCUT2D eigenvalue weighted by Crippen LogP contribution is 2.26. The third kappa shape index (κ3) is 4.20. The summed E-state index contributed by atoms with van der Waals surface area (Å²) in [5.74, 6) is 0. The number of nitrogens with one attached hydrogen (secondary N) is 2. The molecule has 0 aliphatic rings. The number of hydrogen-bond donors (Lipinski definition) is 2. The first-order valence-electron chi connectivity index (χ1n) is 6.14. The van der Waals surface area contributed by atoms with E-state index in [9.17, 15) is 8.42 Å². The summed E-state index contributed by atoms with van der Waals surface area (Å²) in [6.07, 6.45) is 0. The van der Waals surface area contributed by atoms with Gasteiger partial charge in [0.05, 0.1) is 5.69 Å². The molecule has 0 atom stereocenters. The van der Waals surface area contributed by atoms with Crippen LogP contribution in [0.5, 0.6) is 0 Å². The maximum Gasteiger partial charge on any atom is 0.263 e. The second-order valence-corrected chi connectivity index (χ2v) is 7.35. The largest absolute Gasteiger partial charge is 0.316 e. The molecule has 2 aromatic rings. The van der Waals surface area contributed by atoms with Crippen LogP contribution in [-0.4, -0.2) is 15.5 Å². The molecule has 2 N–H and O–H groups in total. The van der Waals surface area contributed by atoms with E-state index < -0.39 is 10.0 Å². The van der Waals surface area contributed by atoms with Gasteiger partial charge in [0.15, 0.2) is 0 Å². The topological polar surface area (TPSA) is 58.2 Å². The van der Waals surface area contributed by atoms with Crippen molar-refractivity contribution in [2.45, 2.75) is 11.4 Å². The van der Waals surface area contributed by atoms with Crippen LogP contribution >= 0.6 is 27.5 Å². The Labute approximate surface area is 137 Å². The van der Waals surface area contributed by atoms with Crippen molar-refractivity contribution in [3.05, 3.63) is 57.5 Å². The summed E-state index contributed by atoms with van der Waals surface area (Å²) in [7, 11) is -1.88. The lowest BCUT2D eigenvalue weighted by Gasteiger charge is -2.11. The van der Waals surface area contributed by atoms with Crippen LogP contribution < -0.4 is 10.0 Å². The summed E-state index contributed by atoms with van der Waals surface area (Å²) in [5.41, 5.74) is 1.31. The van der Waals surface area contributed by atoms with Crippen molar-refractivity contribution in [3.8, 4) is 0 Å². The molecule has 112 valence electrons. The van der Waals surface area contributed by atoms with Crippen molar-refractivity contribution in [2.24, 2.45) is 0 Å². The molecule has 2 rings (SSSR count). The highest BCUT2D eigenvalue weighted by atomic mass is 79.9. The molecule has 0 aliphatic heterocycles. The first-order chi connectivity index (χ1) is 9.92. The van der Waals surface area contributed by atoms with Crippen LogP contribution in [0.15, 0.2) is 51.8 Å². The Hall–Kier alpha value is -1.08. The number of rotatable bonds is 5. The monoisotopic (exact) mass is 388 g/mol. The fourth-order valence-electron chi connectivity index (χ4n) is 1.83. The van der Waals surface area contributed by atoms with Gasteiger partial charge < -0.3 is 5.32 Å². The second-order valence-electron chi connectivity index (χ2n) is 4.41. The number of anilines is 1. The van der Waals surface area contributed by atoms with Crippen molar-refractivity contribution in [2.75, 3.05) is 11.8 Å². The molecule has 0 fully saturated rings. The predicted octanol–water partition coefficient (Wildman–Crippen LogP) is 3.62. The maximum absolute atomic E-state index is 12.5. The summed E-state index contributed by atoms with van der Waals surface area (Å²) < 4.78 is 28.0. The molecule has 0 heterocycles. The van der Waals surface area contributed by atoms with Gasteiger partial charge in [-0.2, -0.15) is 0 Å². The zero-order chi connectivity index (χ0) is 15.5. The quantitative estimate of drug-likeness (QED) is 0.821. The zero-order valence-corrected chi connectivity index (χ0v) is 14.4. The van der Waals surface area contributed by atoms with E-state index in [4.69, 9.17) is 11.6 Å². The molecule has 0 saturated carbocycles. The van der Waals surface area contributed by atoms with Crippen LogP contribution in [0.2, 0.25) is 5.02 Å². The van der Waals surface area contributed by atoms with Gasteiger partial charge in [0, 0.05) is 16.0 Å². The summed E-state index contributed by atoms with van der Waals surface area (Å²) in [6.45, 7) is 0.590. The van der Waals surface area contributed by atoms with E-state index >= 15 is 0 Å². The summed E-state index contributed by atoms with van der Waals surface area (Å²) in [6, 6.07) is 11.8. The van der Waals surface area contributed by atoms with Crippen LogP contribution in [0.1, 0.15) is 5.56 Å². The maximum atomic E-state index is 12.5. The van der Waals surface area contributed by atoms with Crippen molar-refractivity contribution in [1.29, 1.82) is 0 Å². The molecule has 4 nitrogen and oxygen atoms in total. The van der Waals surface area contributed by atoms with Crippen molar-refractivity contribution in [1.82, 2.24) is 5.32 Å². The SMILES string of the molecule is CNCc1ccc(Br)c(S(=O)(=O)Nc2cccc(Cl)c2)c1. The lowest BCUT2D eigenvalue weighted by molar-refractivity contribution is 0.600. The van der Waals surface area contributed by atoms with Gasteiger partial charge in [0.25, 0.3) is 10.0 Å². The van der Waals surface area contributed by atoms with Gasteiger partial charge in [-0.25, -0.2) is 8.42 Å². The third-order valence-corrected chi connectivity index (χ3v) is 5.35. The van der Waals surface area contributed by atoms with Crippen molar-refractivity contribution < 1.29 is 8.42 Å². The number of benzene rings is 2. The van der Waals surface area contributed by atoms with E-state index in [1.807, 2.05) is 6.07 Å². The fraction of sp³-hybridized carbons (Fsp3) is 0.143. The molecule has 21 heavy (non-hydrogen) atoms. The van der Waals surface area contributed by atoms with Crippen LogP contribution in [0.25, 0.3) is 0 Å². The lowest BCUT2D eigenvalue weighted by atomic mass is 10.2. The van der Waals surface area contributed by atoms with Crippen LogP contribution in [0.4, 0.5) is 5.69 Å². The minimum absolute atomic E-state index is 0.190. The Morgan fingerprint density at radius 1 is 1.19 bits per heavy atom. The lowest BCUT2D eigenvalue weighted by Crippen LogP contribution is -2.14. The molecule has 0 saturated heterocycles. The Morgan fingerprint density at radius 3 is 2.62 bits per heavy atom. The Kier molecular flexibility index (Phi) is 5.27. The number of hydrogen-bond acceptors (Lipinski definition) is 3. The Morgan fingerprint density at radius 2 is 1.95 bits per heavy atom. The normalized spacial score (nSPS) is 11.4. The van der Waals surface area contributed by atoms with E-state index in [1.165, 1.54) is 0 Å². The van der Waals surface area contributed by atoms with Gasteiger partial charge in [-0.1, -0.05) is 23.7 Å². The van der Waals surface area contributed by atoms with Crippen LogP contribution in [0, 0.1) is 0 Å². The van der Waals surface area contributed by atoms with Gasteiger partial charge in [-0.15, -0.1) is 0 Å². The van der Waals surface area contributed by atoms with Crippen molar-refractivity contribution in [3.63, 3.8) is 0 Å². The van der Waals surface area contributed by atoms with E-state index in [1.54, 1.807) is 43.4 Å². The molecule has 0 aliphatic carbocycles. The van der Waals surface area contributed by atoms with E-state index in [0.717, 1.165) is 5.56 Å². The highest BCUT2D eigenvalue weighted by molar-refractivity contribution is 9.10. The van der Waals surface area contributed by atoms with Gasteiger partial charge in [0.2, 0.25) is 0 Å². The van der Waals surface area contributed by atoms with Gasteiger partial charge >= 0.3 is 0 Å². The minimum Gasteiger partial charge on any atom is -0.316 e. The molecule has 0 aromatic heterocycles. The van der Waals surface area contributed by atoms with Gasteiger partial charge in [0.1, 0.15) is 4.90 Å². The minimum atomic E-state index is -3.68. The van der Waals surface area contributed by atoms with E-state index in [2.05, 4.69) is 26.0 Å². The molecule has 0 spiro atoms.